The van der Waals surface area contributed by atoms with Crippen molar-refractivity contribution in [1.82, 2.24) is 10.6 Å². The minimum absolute atomic E-state index is 0.0430. The van der Waals surface area contributed by atoms with Crippen LogP contribution in [0.15, 0.2) is 0 Å². The van der Waals surface area contributed by atoms with Crippen LogP contribution >= 0.6 is 0 Å². The molecular formula is C18H40N4O5. The molecular weight excluding hydrogens is 352 g/mol. The number of nitrogens with two attached hydrogens (primary N) is 2. The first-order valence-electron chi connectivity index (χ1n) is 9.67. The molecule has 6 N–H and O–H groups in total. The normalized spacial score (nSPS) is 12.7. The molecule has 162 valence electrons. The van der Waals surface area contributed by atoms with Crippen LogP contribution in [0.4, 0.5) is 0 Å². The van der Waals surface area contributed by atoms with E-state index in [9.17, 15) is 9.59 Å². The van der Waals surface area contributed by atoms with E-state index in [4.69, 9.17) is 25.7 Å². The third kappa shape index (κ3) is 16.6. The average Bonchev–Trinajstić information content (AvgIpc) is 2.64. The highest BCUT2D eigenvalue weighted by molar-refractivity contribution is 5.89. The highest BCUT2D eigenvalue weighted by atomic mass is 16.5. The topological polar surface area (TPSA) is 138 Å². The second-order valence-electron chi connectivity index (χ2n) is 5.94. The van der Waals surface area contributed by atoms with Gasteiger partial charge in [0, 0.05) is 13.1 Å². The Morgan fingerprint density at radius 2 is 1.33 bits per heavy atom. The summed E-state index contributed by atoms with van der Waals surface area (Å²) < 4.78 is 15.8. The number of hydrogen-bond acceptors (Lipinski definition) is 7. The van der Waals surface area contributed by atoms with Crippen molar-refractivity contribution in [2.45, 2.75) is 46.7 Å². The van der Waals surface area contributed by atoms with Crippen LogP contribution in [-0.2, 0) is 23.8 Å². The van der Waals surface area contributed by atoms with Crippen LogP contribution in [0.3, 0.4) is 0 Å². The molecule has 27 heavy (non-hydrogen) atoms. The summed E-state index contributed by atoms with van der Waals surface area (Å²) in [5.74, 6) is -0.642. The van der Waals surface area contributed by atoms with Crippen molar-refractivity contribution >= 4 is 11.8 Å². The molecule has 0 aromatic heterocycles. The van der Waals surface area contributed by atoms with E-state index in [2.05, 4.69) is 10.6 Å². The number of amides is 2. The first-order chi connectivity index (χ1) is 12.9. The molecule has 0 aromatic carbocycles. The van der Waals surface area contributed by atoms with Gasteiger partial charge in [0.05, 0.1) is 45.7 Å². The van der Waals surface area contributed by atoms with Gasteiger partial charge in [0.25, 0.3) is 0 Å². The van der Waals surface area contributed by atoms with Crippen molar-refractivity contribution in [3.05, 3.63) is 0 Å². The molecule has 0 bridgehead atoms. The molecule has 0 aliphatic rings. The molecule has 0 rings (SSSR count). The van der Waals surface area contributed by atoms with Crippen LogP contribution in [0.5, 0.6) is 0 Å². The van der Waals surface area contributed by atoms with E-state index in [1.807, 2.05) is 27.7 Å². The predicted octanol–water partition coefficient (Wildman–Crippen LogP) is -0.375. The maximum atomic E-state index is 12.1. The Balaban J connectivity index is 0. The van der Waals surface area contributed by atoms with E-state index < -0.39 is 12.1 Å². The standard InChI is InChI=1S/C16H34N4O5.C2H6/c1-12(2)14(20-15(21)13(3)18)16(22)19-5-7-24-9-11-25-10-8-23-6-4-17;1-2/h12-14H,4-11,17-18H2,1-3H3,(H,19,22)(H,20,21);1-2H3/t13?,14-;/m1./s1. The third-order valence-corrected chi connectivity index (χ3v) is 3.21. The van der Waals surface area contributed by atoms with Crippen molar-refractivity contribution < 1.29 is 23.8 Å². The Morgan fingerprint density at radius 1 is 0.852 bits per heavy atom. The molecule has 0 spiro atoms. The van der Waals surface area contributed by atoms with Gasteiger partial charge in [-0.1, -0.05) is 27.7 Å². The fourth-order valence-corrected chi connectivity index (χ4v) is 1.80. The Morgan fingerprint density at radius 3 is 1.78 bits per heavy atom. The molecule has 9 heteroatoms. The Bertz CT molecular complexity index is 368. The fourth-order valence-electron chi connectivity index (χ4n) is 1.80. The third-order valence-electron chi connectivity index (χ3n) is 3.21. The first-order valence-corrected chi connectivity index (χ1v) is 9.67. The van der Waals surface area contributed by atoms with Crippen LogP contribution in [0.1, 0.15) is 34.6 Å². The molecule has 0 aromatic rings. The molecule has 2 amide bonds. The summed E-state index contributed by atoms with van der Waals surface area (Å²) >= 11 is 0. The number of carbonyl (C=O) groups is 2. The lowest BCUT2D eigenvalue weighted by Gasteiger charge is -2.22. The molecule has 0 radical (unpaired) electrons. The van der Waals surface area contributed by atoms with Crippen LogP contribution < -0.4 is 22.1 Å². The zero-order chi connectivity index (χ0) is 21.1. The average molecular weight is 393 g/mol. The summed E-state index contributed by atoms with van der Waals surface area (Å²) in [6.07, 6.45) is 0. The minimum Gasteiger partial charge on any atom is -0.378 e. The van der Waals surface area contributed by atoms with Crippen molar-refractivity contribution in [3.8, 4) is 0 Å². The molecule has 0 fully saturated rings. The molecule has 0 saturated heterocycles. The number of ether oxygens (including phenoxy) is 3. The number of carbonyl (C=O) groups excluding carboxylic acids is 2. The monoisotopic (exact) mass is 392 g/mol. The molecule has 0 heterocycles. The Kier molecular flexibility index (Phi) is 20.2. The zero-order valence-corrected chi connectivity index (χ0v) is 17.6. The quantitative estimate of drug-likeness (QED) is 0.279. The molecule has 0 aliphatic heterocycles. The predicted molar refractivity (Wildman–Crippen MR) is 106 cm³/mol. The smallest absolute Gasteiger partial charge is 0.242 e. The van der Waals surface area contributed by atoms with E-state index in [0.29, 0.717) is 52.7 Å². The van der Waals surface area contributed by atoms with Crippen LogP contribution in [0.25, 0.3) is 0 Å². The van der Waals surface area contributed by atoms with Gasteiger partial charge in [0.15, 0.2) is 0 Å². The summed E-state index contributed by atoms with van der Waals surface area (Å²) in [6.45, 7) is 12.9. The van der Waals surface area contributed by atoms with Gasteiger partial charge in [-0.25, -0.2) is 0 Å². The van der Waals surface area contributed by atoms with Gasteiger partial charge >= 0.3 is 0 Å². The van der Waals surface area contributed by atoms with Crippen molar-refractivity contribution in [1.29, 1.82) is 0 Å². The van der Waals surface area contributed by atoms with Crippen LogP contribution in [0, 0.1) is 5.92 Å². The number of nitrogens with one attached hydrogen (secondary N) is 2. The zero-order valence-electron chi connectivity index (χ0n) is 17.6. The maximum absolute atomic E-state index is 12.1. The molecule has 2 atom stereocenters. The molecule has 1 unspecified atom stereocenters. The highest BCUT2D eigenvalue weighted by Gasteiger charge is 2.24. The lowest BCUT2D eigenvalue weighted by molar-refractivity contribution is -0.130. The lowest BCUT2D eigenvalue weighted by Crippen LogP contribution is -2.53. The van der Waals surface area contributed by atoms with Crippen LogP contribution in [-0.4, -0.2) is 76.6 Å². The van der Waals surface area contributed by atoms with E-state index in [0.717, 1.165) is 0 Å². The van der Waals surface area contributed by atoms with E-state index in [1.165, 1.54) is 0 Å². The van der Waals surface area contributed by atoms with Gasteiger partial charge in [-0.05, 0) is 12.8 Å². The Labute approximate surface area is 163 Å². The van der Waals surface area contributed by atoms with Crippen molar-refractivity contribution in [2.24, 2.45) is 17.4 Å². The van der Waals surface area contributed by atoms with E-state index in [-0.39, 0.29) is 17.7 Å². The van der Waals surface area contributed by atoms with Gasteiger partial charge < -0.3 is 36.3 Å². The van der Waals surface area contributed by atoms with Gasteiger partial charge in [0.2, 0.25) is 11.8 Å². The fraction of sp³-hybridized carbons (Fsp3) is 0.889. The molecule has 9 nitrogen and oxygen atoms in total. The van der Waals surface area contributed by atoms with Crippen molar-refractivity contribution in [3.63, 3.8) is 0 Å². The second-order valence-corrected chi connectivity index (χ2v) is 5.94. The van der Waals surface area contributed by atoms with E-state index >= 15 is 0 Å². The van der Waals surface area contributed by atoms with E-state index in [1.54, 1.807) is 6.92 Å². The minimum atomic E-state index is -0.655. The van der Waals surface area contributed by atoms with Gasteiger partial charge in [-0.2, -0.15) is 0 Å². The van der Waals surface area contributed by atoms with Gasteiger partial charge in [0.1, 0.15) is 6.04 Å². The first kappa shape index (κ1) is 28.0. The lowest BCUT2D eigenvalue weighted by atomic mass is 10.0. The summed E-state index contributed by atoms with van der Waals surface area (Å²) in [4.78, 5) is 23.8. The van der Waals surface area contributed by atoms with Gasteiger partial charge in [-0.15, -0.1) is 0 Å². The van der Waals surface area contributed by atoms with Gasteiger partial charge in [-0.3, -0.25) is 9.59 Å². The van der Waals surface area contributed by atoms with Crippen molar-refractivity contribution in [2.75, 3.05) is 52.7 Å². The largest absolute Gasteiger partial charge is 0.378 e. The SMILES string of the molecule is CC.CC(N)C(=O)N[C@@H](C(=O)NCCOCCOCCOCCN)C(C)C. The summed E-state index contributed by atoms with van der Waals surface area (Å²) in [6, 6.07) is -1.27. The molecule has 0 aliphatic carbocycles. The highest BCUT2D eigenvalue weighted by Crippen LogP contribution is 2.02. The molecule has 0 saturated carbocycles. The Hall–Kier alpha value is -1.26. The summed E-state index contributed by atoms with van der Waals surface area (Å²) in [5, 5.41) is 5.39. The number of rotatable bonds is 15. The second kappa shape index (κ2) is 19.5. The number of hydrogen-bond donors (Lipinski definition) is 4. The summed E-state index contributed by atoms with van der Waals surface area (Å²) in [7, 11) is 0. The van der Waals surface area contributed by atoms with Crippen LogP contribution in [0.2, 0.25) is 0 Å². The summed E-state index contributed by atoms with van der Waals surface area (Å²) in [5.41, 5.74) is 10.8. The maximum Gasteiger partial charge on any atom is 0.242 e.